The van der Waals surface area contributed by atoms with E-state index in [1.807, 2.05) is 4.72 Å². The van der Waals surface area contributed by atoms with E-state index in [0.717, 1.165) is 18.6 Å². The topological polar surface area (TPSA) is 292 Å². The van der Waals surface area contributed by atoms with Crippen molar-refractivity contribution in [2.45, 2.75) is 29.7 Å². The first-order chi connectivity index (χ1) is 20.2. The third kappa shape index (κ3) is 29.9. The minimum Gasteiger partial charge on any atom is -0.512 e. The van der Waals surface area contributed by atoms with Crippen molar-refractivity contribution in [1.82, 2.24) is 4.72 Å². The van der Waals surface area contributed by atoms with Crippen LogP contribution in [0.1, 0.15) is 50.4 Å². The predicted molar refractivity (Wildman–Crippen MR) is 196 cm³/mol. The second-order valence-corrected chi connectivity index (χ2v) is 12.7. The van der Waals surface area contributed by atoms with Gasteiger partial charge >= 0.3 is 55.7 Å². The zero-order chi connectivity index (χ0) is 34.8. The molecule has 8 N–H and O–H groups in total. The average molecular weight is 757 g/mol. The Labute approximate surface area is 321 Å². The van der Waals surface area contributed by atoms with Crippen molar-refractivity contribution >= 4 is 83.0 Å². The summed E-state index contributed by atoms with van der Waals surface area (Å²) in [4.78, 5) is 32.7. The van der Waals surface area contributed by atoms with Crippen LogP contribution in [0, 0.1) is 11.8 Å². The minimum absolute atomic E-state index is 0. The number of aromatic carboxylic acids is 2. The number of carboxylic acids is 2. The molecule has 0 aromatic heterocycles. The summed E-state index contributed by atoms with van der Waals surface area (Å²) in [5.41, 5.74) is 1.02. The molecule has 0 aliphatic rings. The summed E-state index contributed by atoms with van der Waals surface area (Å²) in [5, 5.41) is 62.7. The average Bonchev–Trinajstić information content (AvgIpc) is 2.95. The molecule has 0 atom stereocenters. The van der Waals surface area contributed by atoms with Gasteiger partial charge in [-0.05, 0) is 47.3 Å². The maximum Gasteiger partial charge on any atom is 1.00 e. The molecule has 0 aliphatic heterocycles. The summed E-state index contributed by atoms with van der Waals surface area (Å²) < 4.78 is 44.4. The maximum absolute atomic E-state index is 11.1. The first-order valence-corrected chi connectivity index (χ1v) is 15.8. The molecule has 17 nitrogen and oxygen atoms in total. The Morgan fingerprint density at radius 2 is 1.24 bits per heavy atom. The largest absolute Gasteiger partial charge is 1.00 e. The zero-order valence-electron chi connectivity index (χ0n) is 25.6. The number of rotatable bonds is 12. The van der Waals surface area contributed by atoms with Crippen LogP contribution in [-0.2, 0) is 24.7 Å². The Morgan fingerprint density at radius 3 is 1.54 bits per heavy atom. The SMILES string of the molecule is C.C.C.C.CN(CCS(C)(=O)=O)c1cc(B(O)O)cc(C(=O)O)c1.CNc1cc(B(O)O)cc(C(=O)O)c1.CS(=O)(=O)NCC=O.[B].[C-]#N.[Na+]. The van der Waals surface area contributed by atoms with Gasteiger partial charge in [0.1, 0.15) is 16.1 Å². The quantitative estimate of drug-likeness (QED) is 0.0577. The fourth-order valence-electron chi connectivity index (χ4n) is 2.81. The van der Waals surface area contributed by atoms with Gasteiger partial charge in [0.15, 0.2) is 0 Å². The van der Waals surface area contributed by atoms with E-state index >= 15 is 0 Å². The number of sulfonamides is 1. The van der Waals surface area contributed by atoms with Crippen LogP contribution in [0.15, 0.2) is 36.4 Å². The smallest absolute Gasteiger partial charge is 0.512 e. The first kappa shape index (κ1) is 65.4. The molecule has 277 valence electrons. The Hall–Kier alpha value is -2.97. The van der Waals surface area contributed by atoms with E-state index in [9.17, 15) is 31.2 Å². The van der Waals surface area contributed by atoms with Crippen LogP contribution in [-0.4, -0.2) is 133 Å². The second-order valence-electron chi connectivity index (χ2n) is 8.60. The second kappa shape index (κ2) is 32.0. The standard InChI is InChI=1S/C11H16BNO6S.C8H10BNO4.C3H7NO3S.CN.4CH4.B.Na/c1-13(3-4-20(2,18)19)10-6-8(11(14)15)5-9(7-10)12(16)17;1-10-7-3-5(8(11)12)2-6(4-7)9(13)14;1-8(6,7)4-2-3-5;1-2;;;;;;/h5-7,16-17H,3-4H2,1-2H3,(H,14,15);2-4,10,13-14H,1H3,(H,11,12);3-4H,2H2,1H3;;4*1H4;;/q;;;-1;;;;;;+1. The molecule has 50 heavy (non-hydrogen) atoms. The Bertz CT molecular complexity index is 1500. The zero-order valence-corrected chi connectivity index (χ0v) is 29.3. The number of hydrogen-bond acceptors (Lipinski definition) is 14. The van der Waals surface area contributed by atoms with E-state index < -0.39 is 46.0 Å². The predicted octanol–water partition coefficient (Wildman–Crippen LogP) is -4.35. The Balaban J connectivity index is -0.0000000870. The molecule has 0 saturated heterocycles. The normalized spacial score (nSPS) is 9.00. The van der Waals surface area contributed by atoms with Crippen LogP contribution in [0.25, 0.3) is 0 Å². The Kier molecular flexibility index (Phi) is 41.8. The minimum atomic E-state index is -3.17. The number of carboxylic acid groups (broad SMARTS) is 2. The van der Waals surface area contributed by atoms with Gasteiger partial charge in [0.2, 0.25) is 10.0 Å². The van der Waals surface area contributed by atoms with Gasteiger partial charge in [-0.1, -0.05) is 29.7 Å². The number of nitrogens with one attached hydrogen (secondary N) is 2. The molecule has 0 spiro atoms. The van der Waals surface area contributed by atoms with Gasteiger partial charge in [-0.2, -0.15) is 0 Å². The third-order valence-corrected chi connectivity index (χ3v) is 6.56. The number of carbonyl (C=O) groups excluding carboxylic acids is 1. The molecule has 0 aliphatic carbocycles. The molecule has 0 bridgehead atoms. The molecule has 23 heteroatoms. The van der Waals surface area contributed by atoms with Crippen LogP contribution in [0.4, 0.5) is 11.4 Å². The van der Waals surface area contributed by atoms with Crippen molar-refractivity contribution in [3.05, 3.63) is 54.1 Å². The molecule has 3 radical (unpaired) electrons. The number of hydrogen-bond donors (Lipinski definition) is 8. The third-order valence-electron chi connectivity index (χ3n) is 4.94. The number of benzene rings is 2. The van der Waals surface area contributed by atoms with Crippen molar-refractivity contribution < 1.29 is 91.1 Å². The summed E-state index contributed by atoms with van der Waals surface area (Å²) in [6, 6.07) is 8.00. The monoisotopic (exact) mass is 757 g/mol. The number of aldehydes is 1. The van der Waals surface area contributed by atoms with Crippen molar-refractivity contribution in [3.8, 4) is 0 Å². The molecule has 2 aromatic rings. The van der Waals surface area contributed by atoms with Gasteiger partial charge in [0.25, 0.3) is 0 Å². The number of anilines is 2. The summed E-state index contributed by atoms with van der Waals surface area (Å²) in [6.45, 7) is 4.78. The number of carbonyl (C=O) groups is 3. The molecule has 2 aromatic carbocycles. The van der Waals surface area contributed by atoms with Crippen LogP contribution < -0.4 is 55.4 Å². The molecule has 0 unspecified atom stereocenters. The van der Waals surface area contributed by atoms with E-state index in [0.29, 0.717) is 17.7 Å². The van der Waals surface area contributed by atoms with Crippen molar-refractivity contribution in [3.63, 3.8) is 0 Å². The van der Waals surface area contributed by atoms with Crippen molar-refractivity contribution in [2.75, 3.05) is 55.7 Å². The van der Waals surface area contributed by atoms with Crippen LogP contribution in [0.3, 0.4) is 0 Å². The summed E-state index contributed by atoms with van der Waals surface area (Å²) in [5.74, 6) is -2.40. The van der Waals surface area contributed by atoms with Crippen LogP contribution in [0.5, 0.6) is 0 Å². The van der Waals surface area contributed by atoms with E-state index in [-0.39, 0.29) is 109 Å². The summed E-state index contributed by atoms with van der Waals surface area (Å²) in [6.07, 6.45) is 2.59. The number of nitrogens with zero attached hydrogens (tertiary/aromatic N) is 2. The van der Waals surface area contributed by atoms with Gasteiger partial charge in [0, 0.05) is 46.7 Å². The molecule has 0 saturated carbocycles. The molecular formula is C27H49B3N4NaO13S2. The molecule has 0 fully saturated rings. The molecular weight excluding hydrogens is 708 g/mol. The number of sulfone groups is 1. The fourth-order valence-corrected chi connectivity index (χ4v) is 3.79. The van der Waals surface area contributed by atoms with Gasteiger partial charge in [-0.3, -0.25) is 0 Å². The maximum atomic E-state index is 11.1. The van der Waals surface area contributed by atoms with Gasteiger partial charge in [-0.15, -0.1) is 0 Å². The fraction of sp³-hybridized carbons (Fsp3) is 0.407. The summed E-state index contributed by atoms with van der Waals surface area (Å²) >= 11 is 0. The molecule has 0 heterocycles. The molecule has 2 rings (SSSR count). The molecule has 0 amide bonds. The van der Waals surface area contributed by atoms with E-state index in [2.05, 4.69) is 5.32 Å². The van der Waals surface area contributed by atoms with E-state index in [1.54, 1.807) is 19.0 Å². The Morgan fingerprint density at radius 1 is 0.840 bits per heavy atom. The van der Waals surface area contributed by atoms with Gasteiger partial charge < -0.3 is 57.2 Å². The van der Waals surface area contributed by atoms with Crippen LogP contribution in [0.2, 0.25) is 0 Å². The van der Waals surface area contributed by atoms with Gasteiger partial charge in [0.05, 0.1) is 29.7 Å². The van der Waals surface area contributed by atoms with Crippen LogP contribution >= 0.6 is 0 Å². The van der Waals surface area contributed by atoms with Crippen molar-refractivity contribution in [1.29, 1.82) is 5.26 Å². The summed E-state index contributed by atoms with van der Waals surface area (Å²) in [7, 11) is -6.55. The van der Waals surface area contributed by atoms with E-state index in [4.69, 9.17) is 42.1 Å². The van der Waals surface area contributed by atoms with Gasteiger partial charge in [-0.25, -0.2) is 31.1 Å². The van der Waals surface area contributed by atoms with E-state index in [1.165, 1.54) is 30.3 Å². The first-order valence-electron chi connectivity index (χ1n) is 11.9. The van der Waals surface area contributed by atoms with Crippen molar-refractivity contribution in [2.24, 2.45) is 0 Å².